The Morgan fingerprint density at radius 3 is 1.74 bits per heavy atom. The highest BCUT2D eigenvalue weighted by molar-refractivity contribution is 5.76. The summed E-state index contributed by atoms with van der Waals surface area (Å²) in [5.41, 5.74) is 6.87. The molecule has 5 nitrogen and oxygen atoms in total. The molecule has 0 saturated heterocycles. The van der Waals surface area contributed by atoms with Gasteiger partial charge < -0.3 is 14.5 Å². The van der Waals surface area contributed by atoms with Gasteiger partial charge in [-0.25, -0.2) is 0 Å². The first kappa shape index (κ1) is 23.0. The molecule has 5 rings (SSSR count). The van der Waals surface area contributed by atoms with Crippen LogP contribution in [-0.2, 0) is 5.60 Å². The van der Waals surface area contributed by atoms with Crippen LogP contribution in [0.25, 0.3) is 11.3 Å². The number of hydrogen-bond donors (Lipinski definition) is 1. The van der Waals surface area contributed by atoms with Crippen LogP contribution in [0.1, 0.15) is 44.4 Å². The molecule has 0 fully saturated rings. The second-order valence-corrected chi connectivity index (χ2v) is 8.88. The first-order chi connectivity index (χ1) is 17.2. The molecule has 1 aliphatic heterocycles. The van der Waals surface area contributed by atoms with Crippen molar-refractivity contribution in [2.45, 2.75) is 33.3 Å². The minimum absolute atomic E-state index is 0.805. The Morgan fingerprint density at radius 1 is 0.714 bits per heavy atom. The van der Waals surface area contributed by atoms with E-state index < -0.39 is 5.60 Å². The Morgan fingerprint density at radius 2 is 1.23 bits per heavy atom. The molecule has 0 spiro atoms. The average molecular weight is 467 g/mol. The van der Waals surface area contributed by atoms with Crippen molar-refractivity contribution < 1.29 is 4.74 Å². The van der Waals surface area contributed by atoms with Crippen molar-refractivity contribution in [3.05, 3.63) is 95.7 Å². The Hall–Kier alpha value is -3.73. The molecule has 5 heteroatoms. The van der Waals surface area contributed by atoms with Crippen LogP contribution in [-0.4, -0.2) is 36.4 Å². The molecule has 1 aliphatic rings. The molecule has 1 N–H and O–H groups in total. The fraction of sp³-hybridized carbons (Fsp3) is 0.300. The number of hydrogen-bond acceptors (Lipinski definition) is 4. The fourth-order valence-corrected chi connectivity index (χ4v) is 5.33. The van der Waals surface area contributed by atoms with Crippen LogP contribution >= 0.6 is 0 Å². The average Bonchev–Trinajstić information content (AvgIpc) is 3.41. The summed E-state index contributed by atoms with van der Waals surface area (Å²) in [5, 5.41) is 7.73. The summed E-state index contributed by atoms with van der Waals surface area (Å²) in [5.74, 6) is 0.852. The van der Waals surface area contributed by atoms with Gasteiger partial charge >= 0.3 is 0 Å². The summed E-state index contributed by atoms with van der Waals surface area (Å²) in [6, 6.07) is 25.8. The van der Waals surface area contributed by atoms with Crippen molar-refractivity contribution >= 4 is 11.4 Å². The van der Waals surface area contributed by atoms with Crippen LogP contribution in [0.2, 0.25) is 0 Å². The van der Waals surface area contributed by atoms with Crippen LogP contribution < -0.4 is 14.5 Å². The first-order valence-electron chi connectivity index (χ1n) is 12.7. The van der Waals surface area contributed by atoms with E-state index in [4.69, 9.17) is 4.74 Å². The fourth-order valence-electron chi connectivity index (χ4n) is 5.33. The first-order valence-corrected chi connectivity index (χ1v) is 12.7. The van der Waals surface area contributed by atoms with Gasteiger partial charge in [0.1, 0.15) is 5.75 Å². The minimum atomic E-state index is -0.805. The lowest BCUT2D eigenvalue weighted by Crippen LogP contribution is -2.38. The Balaban J connectivity index is 1.70. The molecular formula is C30H34N4O. The summed E-state index contributed by atoms with van der Waals surface area (Å²) in [7, 11) is 0. The second-order valence-electron chi connectivity index (χ2n) is 8.88. The van der Waals surface area contributed by atoms with E-state index in [0.717, 1.165) is 59.9 Å². The number of nitrogens with one attached hydrogen (secondary N) is 1. The lowest BCUT2D eigenvalue weighted by molar-refractivity contribution is 0.152. The van der Waals surface area contributed by atoms with Crippen molar-refractivity contribution in [2.75, 3.05) is 36.0 Å². The summed E-state index contributed by atoms with van der Waals surface area (Å²) in [6.07, 6.45) is 1.92. The lowest BCUT2D eigenvalue weighted by atomic mass is 9.77. The van der Waals surface area contributed by atoms with E-state index in [0.29, 0.717) is 0 Å². The van der Waals surface area contributed by atoms with E-state index >= 15 is 0 Å². The number of para-hydroxylation sites is 1. The monoisotopic (exact) mass is 466 g/mol. The molecule has 0 amide bonds. The minimum Gasteiger partial charge on any atom is -0.472 e. The third kappa shape index (κ3) is 3.75. The molecule has 0 aliphatic carbocycles. The molecule has 0 unspecified atom stereocenters. The number of fused-ring (bicyclic) bond motifs is 3. The number of rotatable bonds is 8. The molecule has 1 aromatic heterocycles. The van der Waals surface area contributed by atoms with E-state index in [1.807, 2.05) is 24.4 Å². The normalized spacial score (nSPS) is 13.5. The summed E-state index contributed by atoms with van der Waals surface area (Å²) >= 11 is 0. The zero-order chi connectivity index (χ0) is 24.4. The third-order valence-electron chi connectivity index (χ3n) is 7.24. The zero-order valence-corrected chi connectivity index (χ0v) is 21.1. The molecule has 0 atom stereocenters. The predicted molar refractivity (Wildman–Crippen MR) is 145 cm³/mol. The third-order valence-corrected chi connectivity index (χ3v) is 7.24. The van der Waals surface area contributed by atoms with E-state index in [1.165, 1.54) is 11.4 Å². The van der Waals surface area contributed by atoms with Gasteiger partial charge in [-0.15, -0.1) is 0 Å². The molecule has 0 radical (unpaired) electrons. The summed E-state index contributed by atoms with van der Waals surface area (Å²) in [6.45, 7) is 12.7. The molecular weight excluding hydrogens is 432 g/mol. The quantitative estimate of drug-likeness (QED) is 0.324. The number of aromatic amines is 1. The Labute approximate surface area is 208 Å². The van der Waals surface area contributed by atoms with Crippen LogP contribution in [0.15, 0.2) is 79.0 Å². The van der Waals surface area contributed by atoms with Crippen LogP contribution in [0, 0.1) is 0 Å². The van der Waals surface area contributed by atoms with E-state index in [2.05, 4.69) is 102 Å². The number of H-pyrrole nitrogens is 1. The number of aromatic nitrogens is 2. The molecule has 4 aromatic rings. The summed E-state index contributed by atoms with van der Waals surface area (Å²) in [4.78, 5) is 4.71. The maximum absolute atomic E-state index is 7.00. The maximum atomic E-state index is 7.00. The van der Waals surface area contributed by atoms with Gasteiger partial charge in [-0.1, -0.05) is 36.4 Å². The highest BCUT2D eigenvalue weighted by Crippen LogP contribution is 2.51. The van der Waals surface area contributed by atoms with Gasteiger partial charge in [0.25, 0.3) is 0 Å². The lowest BCUT2D eigenvalue weighted by Gasteiger charge is -2.39. The predicted octanol–water partition coefficient (Wildman–Crippen LogP) is 6.45. The van der Waals surface area contributed by atoms with Gasteiger partial charge in [-0.3, -0.25) is 5.10 Å². The van der Waals surface area contributed by atoms with Gasteiger partial charge in [0.2, 0.25) is 0 Å². The molecule has 0 saturated carbocycles. The molecule has 3 aromatic carbocycles. The number of ether oxygens (including phenoxy) is 1. The highest BCUT2D eigenvalue weighted by Gasteiger charge is 2.45. The zero-order valence-electron chi connectivity index (χ0n) is 21.1. The van der Waals surface area contributed by atoms with E-state index in [1.54, 1.807) is 0 Å². The highest BCUT2D eigenvalue weighted by atomic mass is 16.5. The second kappa shape index (κ2) is 9.49. The smallest absolute Gasteiger partial charge is 0.188 e. The van der Waals surface area contributed by atoms with E-state index in [-0.39, 0.29) is 0 Å². The topological polar surface area (TPSA) is 44.4 Å². The number of anilines is 2. The number of nitrogens with zero attached hydrogens (tertiary/aromatic N) is 3. The van der Waals surface area contributed by atoms with Crippen LogP contribution in [0.4, 0.5) is 11.4 Å². The Bertz CT molecular complexity index is 1210. The van der Waals surface area contributed by atoms with Crippen molar-refractivity contribution in [1.29, 1.82) is 0 Å². The van der Waals surface area contributed by atoms with Crippen molar-refractivity contribution in [1.82, 2.24) is 10.2 Å². The van der Waals surface area contributed by atoms with Gasteiger partial charge in [0.15, 0.2) is 5.60 Å². The van der Waals surface area contributed by atoms with Gasteiger partial charge in [-0.2, -0.15) is 5.10 Å². The summed E-state index contributed by atoms with van der Waals surface area (Å²) < 4.78 is 7.00. The molecule has 0 bridgehead atoms. The van der Waals surface area contributed by atoms with E-state index in [9.17, 15) is 0 Å². The van der Waals surface area contributed by atoms with Crippen LogP contribution in [0.5, 0.6) is 5.75 Å². The standard InChI is InChI=1S/C30H34N4O/c1-5-33(6-2)24-17-13-22(14-18-24)30(23-15-19-25(20-16-23)34(7-3)8-4)27-21-31-32-29(27)26-11-9-10-12-28(26)35-30/h9-21H,5-8H2,1-4H3,(H,31,32). The van der Waals surface area contributed by atoms with Gasteiger partial charge in [-0.05, 0) is 64.1 Å². The maximum Gasteiger partial charge on any atom is 0.188 e. The molecule has 2 heterocycles. The Kier molecular flexibility index (Phi) is 6.25. The van der Waals surface area contributed by atoms with Crippen molar-refractivity contribution in [3.63, 3.8) is 0 Å². The van der Waals surface area contributed by atoms with Gasteiger partial charge in [0, 0.05) is 54.2 Å². The van der Waals surface area contributed by atoms with Crippen molar-refractivity contribution in [3.8, 4) is 17.0 Å². The largest absolute Gasteiger partial charge is 0.472 e. The number of benzene rings is 3. The molecule has 180 valence electrons. The van der Waals surface area contributed by atoms with Gasteiger partial charge in [0.05, 0.1) is 17.5 Å². The van der Waals surface area contributed by atoms with Crippen molar-refractivity contribution in [2.24, 2.45) is 0 Å². The molecule has 35 heavy (non-hydrogen) atoms. The SMILES string of the molecule is CCN(CC)c1ccc(C2(c3ccc(N(CC)CC)cc3)Oc3ccccc3-c3[nH]ncc32)cc1. The van der Waals surface area contributed by atoms with Crippen LogP contribution in [0.3, 0.4) is 0 Å².